The van der Waals surface area contributed by atoms with Gasteiger partial charge < -0.3 is 10.2 Å². The molecule has 26 heavy (non-hydrogen) atoms. The molecule has 2 aromatic carbocycles. The molecule has 138 valence electrons. The Kier molecular flexibility index (Phi) is 4.28. The van der Waals surface area contributed by atoms with Crippen LogP contribution in [0.2, 0.25) is 0 Å². The topological polar surface area (TPSA) is 49.4 Å². The van der Waals surface area contributed by atoms with Gasteiger partial charge in [0.25, 0.3) is 0 Å². The number of anilines is 1. The van der Waals surface area contributed by atoms with Crippen molar-refractivity contribution in [1.29, 1.82) is 0 Å². The zero-order chi connectivity index (χ0) is 18.5. The van der Waals surface area contributed by atoms with E-state index in [2.05, 4.69) is 24.2 Å². The fourth-order valence-corrected chi connectivity index (χ4v) is 5.73. The first-order valence-corrected chi connectivity index (χ1v) is 10.5. The van der Waals surface area contributed by atoms with Crippen LogP contribution in [0.1, 0.15) is 24.8 Å². The fraction of sp³-hybridized carbons (Fsp3) is 0.400. The summed E-state index contributed by atoms with van der Waals surface area (Å²) in [5.74, 6) is 0.297. The number of hydrogen-bond acceptors (Lipinski definition) is 4. The predicted octanol–water partition coefficient (Wildman–Crippen LogP) is 3.19. The quantitative estimate of drug-likeness (QED) is 0.821. The van der Waals surface area contributed by atoms with Gasteiger partial charge in [0.15, 0.2) is 0 Å². The van der Waals surface area contributed by atoms with E-state index in [9.17, 15) is 12.8 Å². The van der Waals surface area contributed by atoms with Gasteiger partial charge in [-0.25, -0.2) is 12.8 Å². The summed E-state index contributed by atoms with van der Waals surface area (Å²) in [4.78, 5) is 2.69. The van der Waals surface area contributed by atoms with Crippen molar-refractivity contribution in [3.63, 3.8) is 0 Å². The molecule has 2 aliphatic heterocycles. The average Bonchev–Trinajstić information content (AvgIpc) is 2.76. The van der Waals surface area contributed by atoms with E-state index >= 15 is 0 Å². The lowest BCUT2D eigenvalue weighted by Crippen LogP contribution is -2.32. The molecular weight excluding hydrogens is 351 g/mol. The highest BCUT2D eigenvalue weighted by atomic mass is 32.2. The zero-order valence-corrected chi connectivity index (χ0v) is 15.8. The maximum Gasteiger partial charge on any atom is 0.206 e. The molecule has 4 nitrogen and oxygen atoms in total. The fourth-order valence-electron chi connectivity index (χ4n) is 4.43. The van der Waals surface area contributed by atoms with E-state index in [1.807, 2.05) is 12.1 Å². The van der Waals surface area contributed by atoms with Crippen molar-refractivity contribution >= 4 is 15.5 Å². The minimum Gasteiger partial charge on any atom is -0.371 e. The largest absolute Gasteiger partial charge is 0.371 e. The highest BCUT2D eigenvalue weighted by Gasteiger charge is 2.41. The van der Waals surface area contributed by atoms with E-state index in [-0.39, 0.29) is 9.79 Å². The molecule has 2 aliphatic rings. The molecule has 2 heterocycles. The smallest absolute Gasteiger partial charge is 0.206 e. The highest BCUT2D eigenvalue weighted by Crippen LogP contribution is 2.46. The molecule has 1 fully saturated rings. The van der Waals surface area contributed by atoms with E-state index in [1.165, 1.54) is 24.3 Å². The Morgan fingerprint density at radius 2 is 1.81 bits per heavy atom. The van der Waals surface area contributed by atoms with Gasteiger partial charge in [-0.05, 0) is 73.5 Å². The molecule has 2 unspecified atom stereocenters. The SMILES string of the molecule is CC1CNCCC2[C@H]1c1cc(S(=O)(=O)c3ccc(F)cc3)ccc1N2C. The molecule has 0 spiro atoms. The second-order valence-corrected chi connectivity index (χ2v) is 9.30. The van der Waals surface area contributed by atoms with E-state index in [4.69, 9.17) is 0 Å². The number of benzene rings is 2. The van der Waals surface area contributed by atoms with Gasteiger partial charge in [-0.15, -0.1) is 0 Å². The van der Waals surface area contributed by atoms with Crippen molar-refractivity contribution < 1.29 is 12.8 Å². The van der Waals surface area contributed by atoms with Crippen LogP contribution in [0, 0.1) is 11.7 Å². The Bertz CT molecular complexity index is 927. The van der Waals surface area contributed by atoms with E-state index in [0.29, 0.717) is 17.9 Å². The maximum atomic E-state index is 13.2. The van der Waals surface area contributed by atoms with Crippen molar-refractivity contribution in [3.8, 4) is 0 Å². The molecule has 6 heteroatoms. The van der Waals surface area contributed by atoms with Gasteiger partial charge in [-0.2, -0.15) is 0 Å². The van der Waals surface area contributed by atoms with Crippen LogP contribution in [0.3, 0.4) is 0 Å². The van der Waals surface area contributed by atoms with Crippen LogP contribution in [0.5, 0.6) is 0 Å². The average molecular weight is 374 g/mol. The van der Waals surface area contributed by atoms with Crippen LogP contribution in [-0.4, -0.2) is 34.6 Å². The Labute approximate surface area is 153 Å². The molecular formula is C20H23FN2O2S. The first-order chi connectivity index (χ1) is 12.4. The summed E-state index contributed by atoms with van der Waals surface area (Å²) in [6.07, 6.45) is 1.04. The third-order valence-corrected chi connectivity index (χ3v) is 7.55. The third-order valence-electron chi connectivity index (χ3n) is 5.78. The minimum absolute atomic E-state index is 0.123. The lowest BCUT2D eigenvalue weighted by Gasteiger charge is -2.27. The molecule has 0 aliphatic carbocycles. The van der Waals surface area contributed by atoms with E-state index < -0.39 is 15.7 Å². The number of likely N-dealkylation sites (N-methyl/N-ethyl adjacent to an activating group) is 1. The molecule has 0 bridgehead atoms. The summed E-state index contributed by atoms with van der Waals surface area (Å²) in [5, 5.41) is 3.47. The van der Waals surface area contributed by atoms with Gasteiger partial charge in [-0.3, -0.25) is 0 Å². The van der Waals surface area contributed by atoms with Crippen molar-refractivity contribution in [3.05, 3.63) is 53.8 Å². The van der Waals surface area contributed by atoms with E-state index in [1.54, 1.807) is 6.07 Å². The Morgan fingerprint density at radius 1 is 1.12 bits per heavy atom. The van der Waals surface area contributed by atoms with Gasteiger partial charge in [0.1, 0.15) is 5.82 Å². The Hall–Kier alpha value is -1.92. The number of hydrogen-bond donors (Lipinski definition) is 1. The van der Waals surface area contributed by atoms with Gasteiger partial charge >= 0.3 is 0 Å². The zero-order valence-electron chi connectivity index (χ0n) is 14.9. The summed E-state index contributed by atoms with van der Waals surface area (Å²) in [6.45, 7) is 4.13. The maximum absolute atomic E-state index is 13.2. The van der Waals surface area contributed by atoms with Crippen molar-refractivity contribution in [2.75, 3.05) is 25.0 Å². The van der Waals surface area contributed by atoms with Crippen molar-refractivity contribution in [2.45, 2.75) is 35.1 Å². The van der Waals surface area contributed by atoms with Crippen LogP contribution in [-0.2, 0) is 9.84 Å². The van der Waals surface area contributed by atoms with Crippen LogP contribution >= 0.6 is 0 Å². The molecule has 0 radical (unpaired) electrons. The monoisotopic (exact) mass is 374 g/mol. The molecule has 3 atom stereocenters. The second-order valence-electron chi connectivity index (χ2n) is 7.35. The van der Waals surface area contributed by atoms with Gasteiger partial charge in [-0.1, -0.05) is 6.92 Å². The summed E-state index contributed by atoms with van der Waals surface area (Å²) in [7, 11) is -1.57. The number of sulfone groups is 1. The summed E-state index contributed by atoms with van der Waals surface area (Å²) >= 11 is 0. The second kappa shape index (κ2) is 6.35. The lowest BCUT2D eigenvalue weighted by molar-refractivity contribution is 0.424. The standard InChI is InChI=1S/C20H23FN2O2S/c1-13-12-22-10-9-19-20(13)17-11-16(7-8-18(17)23(19)2)26(24,25)15-5-3-14(21)4-6-15/h3-8,11,13,19-20,22H,9-10,12H2,1-2H3/t13?,19?,20-/m1/s1. The molecule has 0 amide bonds. The molecule has 4 rings (SSSR count). The summed E-state index contributed by atoms with van der Waals surface area (Å²) in [5.41, 5.74) is 2.23. The van der Waals surface area contributed by atoms with Crippen LogP contribution in [0.15, 0.2) is 52.3 Å². The highest BCUT2D eigenvalue weighted by molar-refractivity contribution is 7.91. The first-order valence-electron chi connectivity index (χ1n) is 8.98. The first kappa shape index (κ1) is 17.5. The van der Waals surface area contributed by atoms with Crippen molar-refractivity contribution in [1.82, 2.24) is 5.32 Å². The molecule has 1 saturated heterocycles. The van der Waals surface area contributed by atoms with Crippen LogP contribution in [0.25, 0.3) is 0 Å². The van der Waals surface area contributed by atoms with Crippen molar-refractivity contribution in [2.24, 2.45) is 5.92 Å². The number of nitrogens with zero attached hydrogens (tertiary/aromatic N) is 1. The lowest BCUT2D eigenvalue weighted by atomic mass is 9.84. The van der Waals surface area contributed by atoms with Crippen LogP contribution < -0.4 is 10.2 Å². The normalized spacial score (nSPS) is 25.5. The van der Waals surface area contributed by atoms with Crippen LogP contribution in [0.4, 0.5) is 10.1 Å². The molecule has 0 saturated carbocycles. The number of rotatable bonds is 2. The van der Waals surface area contributed by atoms with Gasteiger partial charge in [0.05, 0.1) is 9.79 Å². The van der Waals surface area contributed by atoms with E-state index in [0.717, 1.165) is 30.8 Å². The molecule has 0 aromatic heterocycles. The number of nitrogens with one attached hydrogen (secondary N) is 1. The Balaban J connectivity index is 1.79. The number of halogens is 1. The summed E-state index contributed by atoms with van der Waals surface area (Å²) in [6, 6.07) is 10.8. The van der Waals surface area contributed by atoms with Gasteiger partial charge in [0.2, 0.25) is 9.84 Å². The predicted molar refractivity (Wildman–Crippen MR) is 99.9 cm³/mol. The minimum atomic E-state index is -3.66. The van der Waals surface area contributed by atoms with Gasteiger partial charge in [0, 0.05) is 24.7 Å². The summed E-state index contributed by atoms with van der Waals surface area (Å²) < 4.78 is 39.1. The Morgan fingerprint density at radius 3 is 2.54 bits per heavy atom. The number of fused-ring (bicyclic) bond motifs is 3. The molecule has 2 aromatic rings. The molecule has 1 N–H and O–H groups in total. The third kappa shape index (κ3) is 2.72.